The molecule has 110 valence electrons. The van der Waals surface area contributed by atoms with Crippen LogP contribution in [0.15, 0.2) is 54.6 Å². The summed E-state index contributed by atoms with van der Waals surface area (Å²) >= 11 is 6.16. The van der Waals surface area contributed by atoms with Gasteiger partial charge in [-0.05, 0) is 25.1 Å². The van der Waals surface area contributed by atoms with Gasteiger partial charge in [-0.2, -0.15) is 5.10 Å². The van der Waals surface area contributed by atoms with Crippen LogP contribution in [0.4, 0.5) is 0 Å². The van der Waals surface area contributed by atoms with E-state index in [2.05, 4.69) is 5.10 Å². The molecule has 0 aliphatic carbocycles. The van der Waals surface area contributed by atoms with Gasteiger partial charge in [-0.1, -0.05) is 53.6 Å². The molecule has 3 rings (SSSR count). The maximum absolute atomic E-state index is 11.5. The number of hydrogen-bond acceptors (Lipinski definition) is 2. The molecule has 1 N–H and O–H groups in total. The zero-order chi connectivity index (χ0) is 15.7. The summed E-state index contributed by atoms with van der Waals surface area (Å²) in [5.74, 6) is -1.05. The first-order valence-corrected chi connectivity index (χ1v) is 7.09. The van der Waals surface area contributed by atoms with Gasteiger partial charge >= 0.3 is 5.97 Å². The van der Waals surface area contributed by atoms with E-state index >= 15 is 0 Å². The molecule has 3 aromatic rings. The van der Waals surface area contributed by atoms with E-state index in [0.29, 0.717) is 16.4 Å². The van der Waals surface area contributed by atoms with Crippen LogP contribution in [0.25, 0.3) is 16.9 Å². The van der Waals surface area contributed by atoms with Crippen molar-refractivity contribution in [2.24, 2.45) is 0 Å². The van der Waals surface area contributed by atoms with E-state index in [0.717, 1.165) is 11.1 Å². The summed E-state index contributed by atoms with van der Waals surface area (Å²) in [7, 11) is 0. The molecule has 1 aromatic heterocycles. The Morgan fingerprint density at radius 3 is 2.45 bits per heavy atom. The molecule has 0 saturated carbocycles. The summed E-state index contributed by atoms with van der Waals surface area (Å²) in [5, 5.41) is 14.3. The van der Waals surface area contributed by atoms with Crippen molar-refractivity contribution >= 4 is 17.6 Å². The van der Waals surface area contributed by atoms with Gasteiger partial charge in [0.05, 0.1) is 16.4 Å². The average Bonchev–Trinajstić information content (AvgIpc) is 2.93. The minimum Gasteiger partial charge on any atom is -0.477 e. The number of aryl methyl sites for hydroxylation is 1. The SMILES string of the molecule is Cc1ccc(-c2cc(C(=O)O)n(-c3ccccc3Cl)n2)cc1. The van der Waals surface area contributed by atoms with Crippen LogP contribution in [0.5, 0.6) is 0 Å². The topological polar surface area (TPSA) is 55.1 Å². The number of carbonyl (C=O) groups is 1. The van der Waals surface area contributed by atoms with Gasteiger partial charge in [-0.15, -0.1) is 0 Å². The van der Waals surface area contributed by atoms with Crippen molar-refractivity contribution in [2.75, 3.05) is 0 Å². The Morgan fingerprint density at radius 2 is 1.82 bits per heavy atom. The van der Waals surface area contributed by atoms with Crippen molar-refractivity contribution in [1.29, 1.82) is 0 Å². The number of hydrogen-bond donors (Lipinski definition) is 1. The highest BCUT2D eigenvalue weighted by atomic mass is 35.5. The highest BCUT2D eigenvalue weighted by Crippen LogP contribution is 2.25. The lowest BCUT2D eigenvalue weighted by Gasteiger charge is -2.06. The fourth-order valence-corrected chi connectivity index (χ4v) is 2.42. The number of rotatable bonds is 3. The smallest absolute Gasteiger partial charge is 0.354 e. The van der Waals surface area contributed by atoms with Crippen molar-refractivity contribution in [3.05, 3.63) is 70.9 Å². The van der Waals surface area contributed by atoms with Crippen molar-refractivity contribution in [3.63, 3.8) is 0 Å². The lowest BCUT2D eigenvalue weighted by atomic mass is 10.1. The second-order valence-electron chi connectivity index (χ2n) is 4.95. The van der Waals surface area contributed by atoms with Gasteiger partial charge in [-0.3, -0.25) is 0 Å². The van der Waals surface area contributed by atoms with Crippen molar-refractivity contribution in [2.45, 2.75) is 6.92 Å². The first-order valence-electron chi connectivity index (χ1n) is 6.71. The third-order valence-electron chi connectivity index (χ3n) is 3.36. The van der Waals surface area contributed by atoms with E-state index < -0.39 is 5.97 Å². The van der Waals surface area contributed by atoms with Gasteiger partial charge in [-0.25, -0.2) is 9.48 Å². The van der Waals surface area contributed by atoms with Gasteiger partial charge in [0.15, 0.2) is 5.69 Å². The summed E-state index contributed by atoms with van der Waals surface area (Å²) in [4.78, 5) is 11.5. The number of benzene rings is 2. The van der Waals surface area contributed by atoms with Gasteiger partial charge < -0.3 is 5.11 Å². The number of aromatic nitrogens is 2. The second kappa shape index (κ2) is 5.66. The van der Waals surface area contributed by atoms with E-state index in [-0.39, 0.29) is 5.69 Å². The van der Waals surface area contributed by atoms with E-state index in [1.54, 1.807) is 30.3 Å². The molecule has 22 heavy (non-hydrogen) atoms. The first-order chi connectivity index (χ1) is 10.6. The summed E-state index contributed by atoms with van der Waals surface area (Å²) < 4.78 is 1.36. The Kier molecular flexibility index (Phi) is 3.69. The fourth-order valence-electron chi connectivity index (χ4n) is 2.21. The minimum atomic E-state index is -1.05. The maximum atomic E-state index is 11.5. The number of para-hydroxylation sites is 1. The molecular formula is C17H13ClN2O2. The third-order valence-corrected chi connectivity index (χ3v) is 3.68. The molecule has 0 bridgehead atoms. The van der Waals surface area contributed by atoms with E-state index in [4.69, 9.17) is 11.6 Å². The lowest BCUT2D eigenvalue weighted by molar-refractivity contribution is 0.0687. The Hall–Kier alpha value is -2.59. The van der Waals surface area contributed by atoms with Gasteiger partial charge in [0, 0.05) is 5.56 Å². The van der Waals surface area contributed by atoms with E-state index in [1.165, 1.54) is 4.68 Å². The molecule has 0 atom stereocenters. The molecule has 0 saturated heterocycles. The monoisotopic (exact) mass is 312 g/mol. The highest BCUT2D eigenvalue weighted by molar-refractivity contribution is 6.32. The predicted molar refractivity (Wildman–Crippen MR) is 85.7 cm³/mol. The normalized spacial score (nSPS) is 10.6. The standard InChI is InChI=1S/C17H13ClN2O2/c1-11-6-8-12(9-7-11)14-10-16(17(21)22)20(19-14)15-5-3-2-4-13(15)18/h2-10H,1H3,(H,21,22). The molecule has 0 unspecified atom stereocenters. The van der Waals surface area contributed by atoms with Crippen LogP contribution in [0.2, 0.25) is 5.02 Å². The third kappa shape index (κ3) is 2.61. The quantitative estimate of drug-likeness (QED) is 0.788. The molecule has 0 amide bonds. The number of aromatic carboxylic acids is 1. The molecule has 4 nitrogen and oxygen atoms in total. The van der Waals surface area contributed by atoms with Crippen LogP contribution in [0.1, 0.15) is 16.1 Å². The zero-order valence-corrected chi connectivity index (χ0v) is 12.6. The molecule has 1 heterocycles. The summed E-state index contributed by atoms with van der Waals surface area (Å²) in [6, 6.07) is 16.3. The van der Waals surface area contributed by atoms with E-state index in [9.17, 15) is 9.90 Å². The van der Waals surface area contributed by atoms with Crippen LogP contribution in [0, 0.1) is 6.92 Å². The average molecular weight is 313 g/mol. The van der Waals surface area contributed by atoms with Gasteiger partial charge in [0.2, 0.25) is 0 Å². The summed E-state index contributed by atoms with van der Waals surface area (Å²) in [5.41, 5.74) is 3.20. The van der Waals surface area contributed by atoms with Crippen molar-refractivity contribution in [1.82, 2.24) is 9.78 Å². The fraction of sp³-hybridized carbons (Fsp3) is 0.0588. The molecule has 0 spiro atoms. The molecular weight excluding hydrogens is 300 g/mol. The Balaban J connectivity index is 2.17. The van der Waals surface area contributed by atoms with Crippen LogP contribution in [-0.2, 0) is 0 Å². The number of nitrogens with zero attached hydrogens (tertiary/aromatic N) is 2. The lowest BCUT2D eigenvalue weighted by Crippen LogP contribution is -2.08. The highest BCUT2D eigenvalue weighted by Gasteiger charge is 2.18. The number of carboxylic acids is 1. The molecule has 0 aliphatic heterocycles. The van der Waals surface area contributed by atoms with Crippen LogP contribution in [-0.4, -0.2) is 20.9 Å². The second-order valence-corrected chi connectivity index (χ2v) is 5.36. The maximum Gasteiger partial charge on any atom is 0.354 e. The van der Waals surface area contributed by atoms with Crippen LogP contribution >= 0.6 is 11.6 Å². The van der Waals surface area contributed by atoms with Gasteiger partial charge in [0.1, 0.15) is 0 Å². The van der Waals surface area contributed by atoms with E-state index in [1.807, 2.05) is 31.2 Å². The first kappa shape index (κ1) is 14.4. The molecule has 0 fully saturated rings. The Bertz CT molecular complexity index is 838. The molecule has 0 radical (unpaired) electrons. The Morgan fingerprint density at radius 1 is 1.14 bits per heavy atom. The Labute approximate surface area is 132 Å². The summed E-state index contributed by atoms with van der Waals surface area (Å²) in [6.07, 6.45) is 0. The predicted octanol–water partition coefficient (Wildman–Crippen LogP) is 4.20. The van der Waals surface area contributed by atoms with Gasteiger partial charge in [0.25, 0.3) is 0 Å². The minimum absolute atomic E-state index is 0.0728. The van der Waals surface area contributed by atoms with Crippen LogP contribution in [0.3, 0.4) is 0 Å². The molecule has 5 heteroatoms. The molecule has 2 aromatic carbocycles. The van der Waals surface area contributed by atoms with Crippen molar-refractivity contribution < 1.29 is 9.90 Å². The van der Waals surface area contributed by atoms with Crippen molar-refractivity contribution in [3.8, 4) is 16.9 Å². The number of halogens is 1. The summed E-state index contributed by atoms with van der Waals surface area (Å²) in [6.45, 7) is 1.99. The van der Waals surface area contributed by atoms with Crippen LogP contribution < -0.4 is 0 Å². The number of carboxylic acid groups (broad SMARTS) is 1. The molecule has 0 aliphatic rings. The largest absolute Gasteiger partial charge is 0.477 e. The zero-order valence-electron chi connectivity index (χ0n) is 11.8.